The summed E-state index contributed by atoms with van der Waals surface area (Å²) in [5.41, 5.74) is 11.4. The molecule has 0 amide bonds. The highest BCUT2D eigenvalue weighted by Crippen LogP contribution is 2.32. The number of carbonyl (C=O) groups is 1. The van der Waals surface area contributed by atoms with Gasteiger partial charge in [-0.2, -0.15) is 0 Å². The lowest BCUT2D eigenvalue weighted by molar-refractivity contribution is -0.136. The molecule has 0 aliphatic heterocycles. The van der Waals surface area contributed by atoms with E-state index in [9.17, 15) is 9.90 Å². The Balaban J connectivity index is 1.71. The molecule has 0 saturated heterocycles. The van der Waals surface area contributed by atoms with E-state index in [1.54, 1.807) is 19.2 Å². The molecule has 6 heteroatoms. The number of hydrogen-bond acceptors (Lipinski definition) is 5. The fourth-order valence-electron chi connectivity index (χ4n) is 3.92. The fraction of sp³-hybridized carbons (Fsp3) is 0.222. The molecule has 33 heavy (non-hydrogen) atoms. The summed E-state index contributed by atoms with van der Waals surface area (Å²) in [4.78, 5) is 11.2. The second kappa shape index (κ2) is 10.3. The standard InChI is InChI=1S/C27H27NO5/c1-31-12-11-26-23(17-32-24-8-3-2-6-21(24)15-27(29)30)22-14-20(9-10-25(22)33-26)19-7-4-5-18(13-19)16-28/h2-10,13-14H,11-12,15-17,28H2,1H3,(H,29,30). The lowest BCUT2D eigenvalue weighted by Crippen LogP contribution is -2.05. The quantitative estimate of drug-likeness (QED) is 0.359. The van der Waals surface area contributed by atoms with Crippen LogP contribution in [0.4, 0.5) is 0 Å². The van der Waals surface area contributed by atoms with Crippen LogP contribution in [0, 0.1) is 0 Å². The smallest absolute Gasteiger partial charge is 0.307 e. The van der Waals surface area contributed by atoms with E-state index in [4.69, 9.17) is 19.6 Å². The Morgan fingerprint density at radius 3 is 2.64 bits per heavy atom. The summed E-state index contributed by atoms with van der Waals surface area (Å²) in [6.45, 7) is 1.26. The van der Waals surface area contributed by atoms with E-state index < -0.39 is 5.97 Å². The number of aliphatic carboxylic acids is 1. The number of carboxylic acids is 1. The van der Waals surface area contributed by atoms with Crippen LogP contribution in [0.15, 0.2) is 71.1 Å². The van der Waals surface area contributed by atoms with Gasteiger partial charge in [0.05, 0.1) is 13.0 Å². The lowest BCUT2D eigenvalue weighted by atomic mass is 10.00. The van der Waals surface area contributed by atoms with Crippen LogP contribution in [0.2, 0.25) is 0 Å². The minimum absolute atomic E-state index is 0.0968. The summed E-state index contributed by atoms with van der Waals surface area (Å²) in [7, 11) is 1.66. The highest BCUT2D eigenvalue weighted by atomic mass is 16.5. The predicted molar refractivity (Wildman–Crippen MR) is 127 cm³/mol. The van der Waals surface area contributed by atoms with Gasteiger partial charge in [0.15, 0.2) is 0 Å². The molecule has 4 aromatic rings. The van der Waals surface area contributed by atoms with Gasteiger partial charge in [-0.3, -0.25) is 4.79 Å². The van der Waals surface area contributed by atoms with E-state index >= 15 is 0 Å². The van der Waals surface area contributed by atoms with Crippen molar-refractivity contribution in [3.05, 3.63) is 89.2 Å². The molecule has 0 fully saturated rings. The maximum atomic E-state index is 11.2. The summed E-state index contributed by atoms with van der Waals surface area (Å²) in [5, 5.41) is 10.2. The van der Waals surface area contributed by atoms with Gasteiger partial charge in [0.25, 0.3) is 0 Å². The summed E-state index contributed by atoms with van der Waals surface area (Å²) in [6.07, 6.45) is 0.513. The summed E-state index contributed by atoms with van der Waals surface area (Å²) in [6, 6.07) is 21.5. The minimum atomic E-state index is -0.898. The van der Waals surface area contributed by atoms with E-state index in [1.807, 2.05) is 36.4 Å². The van der Waals surface area contributed by atoms with Crippen molar-refractivity contribution < 1.29 is 23.8 Å². The zero-order valence-corrected chi connectivity index (χ0v) is 18.5. The highest BCUT2D eigenvalue weighted by Gasteiger charge is 2.17. The molecular formula is C27H27NO5. The molecule has 3 aromatic carbocycles. The number of methoxy groups -OCH3 is 1. The van der Waals surface area contributed by atoms with Crippen molar-refractivity contribution in [1.29, 1.82) is 0 Å². The Bertz CT molecular complexity index is 1260. The first-order valence-electron chi connectivity index (χ1n) is 10.8. The van der Waals surface area contributed by atoms with Gasteiger partial charge < -0.3 is 24.7 Å². The minimum Gasteiger partial charge on any atom is -0.488 e. The van der Waals surface area contributed by atoms with Crippen LogP contribution in [0.25, 0.3) is 22.1 Å². The van der Waals surface area contributed by atoms with Crippen LogP contribution in [0.1, 0.15) is 22.5 Å². The van der Waals surface area contributed by atoms with E-state index in [0.717, 1.165) is 39.0 Å². The molecule has 0 radical (unpaired) electrons. The first-order valence-corrected chi connectivity index (χ1v) is 10.8. The normalized spacial score (nSPS) is 11.1. The average molecular weight is 446 g/mol. The van der Waals surface area contributed by atoms with Gasteiger partial charge in [-0.25, -0.2) is 0 Å². The summed E-state index contributed by atoms with van der Waals surface area (Å²) >= 11 is 0. The molecular weight excluding hydrogens is 418 g/mol. The molecule has 0 unspecified atom stereocenters. The second-order valence-electron chi connectivity index (χ2n) is 7.83. The van der Waals surface area contributed by atoms with Crippen LogP contribution in [-0.2, 0) is 35.5 Å². The number of furan rings is 1. The molecule has 170 valence electrons. The Morgan fingerprint density at radius 2 is 1.85 bits per heavy atom. The SMILES string of the molecule is COCCc1oc2ccc(-c3cccc(CN)c3)cc2c1COc1ccccc1CC(=O)O. The number of rotatable bonds is 10. The molecule has 0 spiro atoms. The second-order valence-corrected chi connectivity index (χ2v) is 7.83. The Kier molecular flexibility index (Phi) is 7.07. The molecule has 0 atom stereocenters. The van der Waals surface area contributed by atoms with E-state index in [1.165, 1.54) is 0 Å². The monoisotopic (exact) mass is 445 g/mol. The molecule has 0 saturated carbocycles. The maximum Gasteiger partial charge on any atom is 0.307 e. The van der Waals surface area contributed by atoms with Crippen LogP contribution >= 0.6 is 0 Å². The highest BCUT2D eigenvalue weighted by molar-refractivity contribution is 5.87. The number of nitrogens with two attached hydrogens (primary N) is 1. The third-order valence-electron chi connectivity index (χ3n) is 5.59. The van der Waals surface area contributed by atoms with Crippen LogP contribution in [0.3, 0.4) is 0 Å². The van der Waals surface area contributed by atoms with Gasteiger partial charge in [-0.05, 0) is 41.0 Å². The first kappa shape index (κ1) is 22.6. The van der Waals surface area contributed by atoms with Crippen molar-refractivity contribution in [3.63, 3.8) is 0 Å². The third-order valence-corrected chi connectivity index (χ3v) is 5.59. The number of ether oxygens (including phenoxy) is 2. The molecule has 1 aromatic heterocycles. The third kappa shape index (κ3) is 5.25. The lowest BCUT2D eigenvalue weighted by Gasteiger charge is -2.11. The van der Waals surface area contributed by atoms with Crippen LogP contribution < -0.4 is 10.5 Å². The fourth-order valence-corrected chi connectivity index (χ4v) is 3.92. The molecule has 6 nitrogen and oxygen atoms in total. The molecule has 0 aliphatic carbocycles. The first-order chi connectivity index (χ1) is 16.1. The van der Waals surface area contributed by atoms with Gasteiger partial charge in [-0.1, -0.05) is 42.5 Å². The van der Waals surface area contributed by atoms with Crippen LogP contribution in [-0.4, -0.2) is 24.8 Å². The van der Waals surface area contributed by atoms with Gasteiger partial charge >= 0.3 is 5.97 Å². The van der Waals surface area contributed by atoms with Gasteiger partial charge in [0.2, 0.25) is 0 Å². The largest absolute Gasteiger partial charge is 0.488 e. The zero-order chi connectivity index (χ0) is 23.2. The van der Waals surface area contributed by atoms with Gasteiger partial charge in [0, 0.05) is 36.6 Å². The average Bonchev–Trinajstić information content (AvgIpc) is 3.18. The molecule has 1 heterocycles. The number of fused-ring (bicyclic) bond motifs is 1. The van der Waals surface area contributed by atoms with Gasteiger partial charge in [-0.15, -0.1) is 0 Å². The van der Waals surface area contributed by atoms with Crippen molar-refractivity contribution in [1.82, 2.24) is 0 Å². The Hall–Kier alpha value is -3.61. The van der Waals surface area contributed by atoms with Crippen molar-refractivity contribution in [2.75, 3.05) is 13.7 Å². The van der Waals surface area contributed by atoms with Gasteiger partial charge in [0.1, 0.15) is 23.7 Å². The topological polar surface area (TPSA) is 94.9 Å². The van der Waals surface area contributed by atoms with E-state index in [-0.39, 0.29) is 13.0 Å². The Labute approximate surface area is 192 Å². The molecule has 3 N–H and O–H groups in total. The number of hydrogen-bond donors (Lipinski definition) is 2. The molecule has 4 rings (SSSR count). The summed E-state index contributed by atoms with van der Waals surface area (Å²) < 4.78 is 17.5. The zero-order valence-electron chi connectivity index (χ0n) is 18.5. The van der Waals surface area contributed by atoms with Crippen molar-refractivity contribution in [3.8, 4) is 16.9 Å². The number of para-hydroxylation sites is 1. The Morgan fingerprint density at radius 1 is 1.03 bits per heavy atom. The molecule has 0 aliphatic rings. The van der Waals surface area contributed by atoms with Crippen molar-refractivity contribution in [2.24, 2.45) is 5.73 Å². The predicted octanol–water partition coefficient (Wildman–Crippen LogP) is 4.95. The maximum absolute atomic E-state index is 11.2. The van der Waals surface area contributed by atoms with Crippen molar-refractivity contribution in [2.45, 2.75) is 26.0 Å². The summed E-state index contributed by atoms with van der Waals surface area (Å²) in [5.74, 6) is 0.458. The van der Waals surface area contributed by atoms with Crippen molar-refractivity contribution >= 4 is 16.9 Å². The van der Waals surface area contributed by atoms with E-state index in [2.05, 4.69) is 18.2 Å². The number of benzene rings is 3. The molecule has 0 bridgehead atoms. The van der Waals surface area contributed by atoms with E-state index in [0.29, 0.717) is 30.9 Å². The number of carboxylic acid groups (broad SMARTS) is 1. The van der Waals surface area contributed by atoms with Crippen LogP contribution in [0.5, 0.6) is 5.75 Å².